The third-order valence-corrected chi connectivity index (χ3v) is 4.22. The predicted molar refractivity (Wildman–Crippen MR) is 84.8 cm³/mol. The number of benzene rings is 2. The standard InChI is InChI=1S/C16H12O5S/c17-5-6-22-10-2-4-14-12(8-10)15(18)11-7-9(16(19)20)1-3-13(11)21-14/h1-4,7-8,17H,5-6H2,(H,19,20). The number of rotatable bonds is 4. The molecule has 0 fully saturated rings. The highest BCUT2D eigenvalue weighted by Gasteiger charge is 2.11. The molecule has 2 aromatic carbocycles. The van der Waals surface area contributed by atoms with Crippen molar-refractivity contribution in [3.05, 3.63) is 52.2 Å². The lowest BCUT2D eigenvalue weighted by atomic mass is 10.1. The van der Waals surface area contributed by atoms with E-state index in [4.69, 9.17) is 14.6 Å². The highest BCUT2D eigenvalue weighted by Crippen LogP contribution is 2.25. The second-order valence-electron chi connectivity index (χ2n) is 4.68. The van der Waals surface area contributed by atoms with Crippen molar-refractivity contribution in [2.45, 2.75) is 4.90 Å². The van der Waals surface area contributed by atoms with Crippen molar-refractivity contribution in [1.29, 1.82) is 0 Å². The zero-order valence-corrected chi connectivity index (χ0v) is 12.2. The van der Waals surface area contributed by atoms with E-state index in [2.05, 4.69) is 0 Å². The Morgan fingerprint density at radius 1 is 1.09 bits per heavy atom. The largest absolute Gasteiger partial charge is 0.478 e. The molecular weight excluding hydrogens is 304 g/mol. The number of aliphatic hydroxyl groups is 1. The van der Waals surface area contributed by atoms with Crippen LogP contribution in [-0.4, -0.2) is 28.5 Å². The van der Waals surface area contributed by atoms with E-state index in [1.165, 1.54) is 30.0 Å². The summed E-state index contributed by atoms with van der Waals surface area (Å²) in [6.07, 6.45) is 0. The molecule has 0 bridgehead atoms. The molecule has 1 aromatic heterocycles. The average Bonchev–Trinajstić information content (AvgIpc) is 2.53. The number of carbonyl (C=O) groups is 1. The maximum Gasteiger partial charge on any atom is 0.335 e. The number of hydrogen-bond donors (Lipinski definition) is 2. The number of aliphatic hydroxyl groups excluding tert-OH is 1. The third-order valence-electron chi connectivity index (χ3n) is 3.25. The summed E-state index contributed by atoms with van der Waals surface area (Å²) in [5.41, 5.74) is 0.600. The van der Waals surface area contributed by atoms with Crippen LogP contribution in [0, 0.1) is 0 Å². The summed E-state index contributed by atoms with van der Waals surface area (Å²) < 4.78 is 5.67. The molecule has 5 nitrogen and oxygen atoms in total. The van der Waals surface area contributed by atoms with Crippen LogP contribution in [0.15, 0.2) is 50.5 Å². The van der Waals surface area contributed by atoms with E-state index in [9.17, 15) is 9.59 Å². The number of carboxylic acid groups (broad SMARTS) is 1. The highest BCUT2D eigenvalue weighted by atomic mass is 32.2. The second-order valence-corrected chi connectivity index (χ2v) is 5.85. The lowest BCUT2D eigenvalue weighted by Crippen LogP contribution is -2.04. The zero-order chi connectivity index (χ0) is 15.7. The van der Waals surface area contributed by atoms with Gasteiger partial charge < -0.3 is 14.6 Å². The number of carboxylic acids is 1. The average molecular weight is 316 g/mol. The molecule has 0 radical (unpaired) electrons. The molecule has 3 aromatic rings. The first-order valence-corrected chi connectivity index (χ1v) is 7.56. The van der Waals surface area contributed by atoms with Crippen LogP contribution in [0.4, 0.5) is 0 Å². The van der Waals surface area contributed by atoms with Crippen molar-refractivity contribution < 1.29 is 19.4 Å². The molecule has 22 heavy (non-hydrogen) atoms. The van der Waals surface area contributed by atoms with Gasteiger partial charge in [-0.3, -0.25) is 4.79 Å². The van der Waals surface area contributed by atoms with E-state index < -0.39 is 5.97 Å². The molecule has 112 valence electrons. The van der Waals surface area contributed by atoms with Crippen LogP contribution >= 0.6 is 11.8 Å². The van der Waals surface area contributed by atoms with Gasteiger partial charge in [0.2, 0.25) is 5.43 Å². The van der Waals surface area contributed by atoms with Crippen LogP contribution in [0.25, 0.3) is 21.9 Å². The van der Waals surface area contributed by atoms with Crippen molar-refractivity contribution in [2.75, 3.05) is 12.4 Å². The lowest BCUT2D eigenvalue weighted by molar-refractivity contribution is 0.0697. The Hall–Kier alpha value is -2.31. The van der Waals surface area contributed by atoms with Gasteiger partial charge in [0.15, 0.2) is 0 Å². The maximum atomic E-state index is 12.6. The van der Waals surface area contributed by atoms with Gasteiger partial charge in [-0.05, 0) is 36.4 Å². The van der Waals surface area contributed by atoms with Crippen molar-refractivity contribution in [1.82, 2.24) is 0 Å². The molecule has 6 heteroatoms. The van der Waals surface area contributed by atoms with Crippen molar-refractivity contribution in [2.24, 2.45) is 0 Å². The zero-order valence-electron chi connectivity index (χ0n) is 11.4. The minimum atomic E-state index is -1.09. The Bertz CT molecular complexity index is 929. The molecular formula is C16H12O5S. The van der Waals surface area contributed by atoms with Gasteiger partial charge in [-0.2, -0.15) is 0 Å². The van der Waals surface area contributed by atoms with E-state index in [1.54, 1.807) is 12.1 Å². The van der Waals surface area contributed by atoms with E-state index in [0.717, 1.165) is 4.90 Å². The van der Waals surface area contributed by atoms with Crippen LogP contribution < -0.4 is 5.43 Å². The van der Waals surface area contributed by atoms with Crippen LogP contribution in [0.5, 0.6) is 0 Å². The molecule has 0 unspecified atom stereocenters. The molecule has 0 aliphatic carbocycles. The Labute approximate surface area is 129 Å². The van der Waals surface area contributed by atoms with Crippen LogP contribution in [-0.2, 0) is 0 Å². The summed E-state index contributed by atoms with van der Waals surface area (Å²) in [6.45, 7) is 0.0526. The van der Waals surface area contributed by atoms with Crippen LogP contribution in [0.2, 0.25) is 0 Å². The molecule has 0 aliphatic rings. The summed E-state index contributed by atoms with van der Waals surface area (Å²) in [6, 6.07) is 9.47. The van der Waals surface area contributed by atoms with Crippen molar-refractivity contribution >= 4 is 39.7 Å². The second kappa shape index (κ2) is 5.82. The summed E-state index contributed by atoms with van der Waals surface area (Å²) >= 11 is 1.43. The normalized spacial score (nSPS) is 11.1. The molecule has 0 spiro atoms. The van der Waals surface area contributed by atoms with Gasteiger partial charge in [0.1, 0.15) is 11.2 Å². The number of fused-ring (bicyclic) bond motifs is 2. The summed E-state index contributed by atoms with van der Waals surface area (Å²) in [5, 5.41) is 18.5. The number of thioether (sulfide) groups is 1. The Morgan fingerprint density at radius 3 is 2.45 bits per heavy atom. The van der Waals surface area contributed by atoms with E-state index in [1.807, 2.05) is 6.07 Å². The van der Waals surface area contributed by atoms with E-state index in [0.29, 0.717) is 22.3 Å². The Morgan fingerprint density at radius 2 is 1.77 bits per heavy atom. The molecule has 1 heterocycles. The number of hydrogen-bond acceptors (Lipinski definition) is 5. The first-order chi connectivity index (χ1) is 10.6. The van der Waals surface area contributed by atoms with Gasteiger partial charge in [0, 0.05) is 10.6 Å². The van der Waals surface area contributed by atoms with Gasteiger partial charge in [-0.15, -0.1) is 11.8 Å². The molecule has 2 N–H and O–H groups in total. The van der Waals surface area contributed by atoms with Crippen LogP contribution in [0.1, 0.15) is 10.4 Å². The fraction of sp³-hybridized carbons (Fsp3) is 0.125. The van der Waals surface area contributed by atoms with E-state index >= 15 is 0 Å². The number of aromatic carboxylic acids is 1. The first-order valence-electron chi connectivity index (χ1n) is 6.58. The summed E-state index contributed by atoms with van der Waals surface area (Å²) in [7, 11) is 0. The lowest BCUT2D eigenvalue weighted by Gasteiger charge is -2.04. The summed E-state index contributed by atoms with van der Waals surface area (Å²) in [5.74, 6) is -0.554. The van der Waals surface area contributed by atoms with Crippen molar-refractivity contribution in [3.8, 4) is 0 Å². The predicted octanol–water partition coefficient (Wildman–Crippen LogP) is 2.73. The molecule has 0 saturated carbocycles. The smallest absolute Gasteiger partial charge is 0.335 e. The quantitative estimate of drug-likeness (QED) is 0.568. The summed E-state index contributed by atoms with van der Waals surface area (Å²) in [4.78, 5) is 24.5. The Balaban J connectivity index is 2.24. The SMILES string of the molecule is O=C(O)c1ccc2oc3ccc(SCCO)cc3c(=O)c2c1. The molecule has 3 rings (SSSR count). The minimum Gasteiger partial charge on any atom is -0.478 e. The molecule has 0 saturated heterocycles. The monoisotopic (exact) mass is 316 g/mol. The minimum absolute atomic E-state index is 0.0463. The first kappa shape index (κ1) is 14.6. The molecule has 0 atom stereocenters. The molecule has 0 amide bonds. The van der Waals surface area contributed by atoms with Gasteiger partial charge >= 0.3 is 5.97 Å². The van der Waals surface area contributed by atoms with Gasteiger partial charge in [-0.1, -0.05) is 0 Å². The van der Waals surface area contributed by atoms with Crippen molar-refractivity contribution in [3.63, 3.8) is 0 Å². The molecule has 0 aliphatic heterocycles. The Kier molecular flexibility index (Phi) is 3.87. The van der Waals surface area contributed by atoms with Gasteiger partial charge in [0.25, 0.3) is 0 Å². The van der Waals surface area contributed by atoms with Gasteiger partial charge in [-0.25, -0.2) is 4.79 Å². The fourth-order valence-corrected chi connectivity index (χ4v) is 2.91. The highest BCUT2D eigenvalue weighted by molar-refractivity contribution is 7.99. The third kappa shape index (κ3) is 2.58. The van der Waals surface area contributed by atoms with Crippen LogP contribution in [0.3, 0.4) is 0 Å². The topological polar surface area (TPSA) is 87.7 Å². The van der Waals surface area contributed by atoms with Gasteiger partial charge in [0.05, 0.1) is 22.9 Å². The maximum absolute atomic E-state index is 12.6. The fourth-order valence-electron chi connectivity index (χ4n) is 2.22. The van der Waals surface area contributed by atoms with E-state index in [-0.39, 0.29) is 23.0 Å².